The zero-order valence-electron chi connectivity index (χ0n) is 13.7. The largest absolute Gasteiger partial charge is 0.416 e. The summed E-state index contributed by atoms with van der Waals surface area (Å²) in [7, 11) is 0. The van der Waals surface area contributed by atoms with Gasteiger partial charge < -0.3 is 0 Å². The van der Waals surface area contributed by atoms with Crippen LogP contribution in [0, 0.1) is 0 Å². The molecule has 1 aromatic heterocycles. The number of nitrogens with zero attached hydrogens (tertiary/aromatic N) is 1. The molecular weight excluding hydrogens is 335 g/mol. The number of benzene rings is 3. The Morgan fingerprint density at radius 3 is 2.15 bits per heavy atom. The molecule has 0 aliphatic rings. The predicted molar refractivity (Wildman–Crippen MR) is 97.6 cm³/mol. The summed E-state index contributed by atoms with van der Waals surface area (Å²) >= 11 is 0. The fourth-order valence-electron chi connectivity index (χ4n) is 3.05. The second kappa shape index (κ2) is 6.30. The number of pyridine rings is 1. The van der Waals surface area contributed by atoms with E-state index >= 15 is 0 Å². The van der Waals surface area contributed by atoms with Gasteiger partial charge in [0.2, 0.25) is 0 Å². The molecule has 4 heteroatoms. The molecule has 1 heterocycles. The van der Waals surface area contributed by atoms with Crippen molar-refractivity contribution in [2.45, 2.75) is 6.18 Å². The van der Waals surface area contributed by atoms with E-state index in [1.165, 1.54) is 12.1 Å². The van der Waals surface area contributed by atoms with E-state index in [0.717, 1.165) is 45.3 Å². The van der Waals surface area contributed by atoms with Gasteiger partial charge >= 0.3 is 6.18 Å². The van der Waals surface area contributed by atoms with Gasteiger partial charge in [0.15, 0.2) is 0 Å². The lowest BCUT2D eigenvalue weighted by Crippen LogP contribution is -2.03. The van der Waals surface area contributed by atoms with E-state index in [-0.39, 0.29) is 0 Å². The van der Waals surface area contributed by atoms with Crippen LogP contribution in [0.15, 0.2) is 85.1 Å². The van der Waals surface area contributed by atoms with Crippen LogP contribution in [-0.2, 0) is 6.18 Å². The summed E-state index contributed by atoms with van der Waals surface area (Å²) in [4.78, 5) is 4.51. The summed E-state index contributed by atoms with van der Waals surface area (Å²) in [5, 5.41) is 2.14. The van der Waals surface area contributed by atoms with Crippen molar-refractivity contribution in [1.82, 2.24) is 4.98 Å². The highest BCUT2D eigenvalue weighted by Gasteiger charge is 2.29. The molecule has 4 rings (SSSR count). The van der Waals surface area contributed by atoms with Crippen LogP contribution in [0.2, 0.25) is 0 Å². The van der Waals surface area contributed by atoms with E-state index in [1.54, 1.807) is 6.20 Å². The Morgan fingerprint density at radius 2 is 1.38 bits per heavy atom. The van der Waals surface area contributed by atoms with Gasteiger partial charge in [-0.05, 0) is 40.8 Å². The van der Waals surface area contributed by atoms with Crippen LogP contribution < -0.4 is 0 Å². The predicted octanol–water partition coefficient (Wildman–Crippen LogP) is 6.59. The highest BCUT2D eigenvalue weighted by Crippen LogP contribution is 2.33. The molecule has 0 unspecified atom stereocenters. The molecule has 0 atom stereocenters. The zero-order valence-corrected chi connectivity index (χ0v) is 13.7. The summed E-state index contributed by atoms with van der Waals surface area (Å²) in [5.74, 6) is 0. The number of halogens is 3. The molecule has 0 bridgehead atoms. The lowest BCUT2D eigenvalue weighted by molar-refractivity contribution is -0.137. The third-order valence-electron chi connectivity index (χ3n) is 4.36. The Hall–Kier alpha value is -3.14. The molecule has 0 saturated carbocycles. The number of aromatic nitrogens is 1. The van der Waals surface area contributed by atoms with E-state index in [4.69, 9.17) is 0 Å². The number of hydrogen-bond acceptors (Lipinski definition) is 1. The topological polar surface area (TPSA) is 12.9 Å². The number of fused-ring (bicyclic) bond motifs is 1. The lowest BCUT2D eigenvalue weighted by Gasteiger charge is -2.10. The van der Waals surface area contributed by atoms with Crippen LogP contribution in [0.4, 0.5) is 13.2 Å². The quantitative estimate of drug-likeness (QED) is 0.398. The SMILES string of the molecule is FC(F)(F)c1ccc(-c2cccc(-c3nccc4ccccc34)c2)cc1. The molecule has 0 saturated heterocycles. The van der Waals surface area contributed by atoms with Gasteiger partial charge in [-0.15, -0.1) is 0 Å². The van der Waals surface area contributed by atoms with Crippen molar-refractivity contribution in [3.63, 3.8) is 0 Å². The first-order chi connectivity index (χ1) is 12.5. The van der Waals surface area contributed by atoms with Crippen molar-refractivity contribution < 1.29 is 13.2 Å². The molecular formula is C22H14F3N. The molecule has 0 spiro atoms. The normalized spacial score (nSPS) is 11.7. The third kappa shape index (κ3) is 3.06. The minimum absolute atomic E-state index is 0.645. The minimum atomic E-state index is -4.33. The maximum Gasteiger partial charge on any atom is 0.416 e. The minimum Gasteiger partial charge on any atom is -0.256 e. The Morgan fingerprint density at radius 1 is 0.654 bits per heavy atom. The fourth-order valence-corrected chi connectivity index (χ4v) is 3.05. The smallest absolute Gasteiger partial charge is 0.256 e. The maximum atomic E-state index is 12.7. The van der Waals surface area contributed by atoms with Gasteiger partial charge in [0, 0.05) is 17.1 Å². The van der Waals surface area contributed by atoms with E-state index in [2.05, 4.69) is 4.98 Å². The van der Waals surface area contributed by atoms with Crippen molar-refractivity contribution in [1.29, 1.82) is 0 Å². The molecule has 0 aliphatic carbocycles. The van der Waals surface area contributed by atoms with Gasteiger partial charge in [-0.25, -0.2) is 0 Å². The Balaban J connectivity index is 1.77. The van der Waals surface area contributed by atoms with E-state index in [1.807, 2.05) is 54.6 Å². The highest BCUT2D eigenvalue weighted by molar-refractivity contribution is 5.95. The molecule has 3 aromatic carbocycles. The van der Waals surface area contributed by atoms with Crippen molar-refractivity contribution in [2.75, 3.05) is 0 Å². The lowest BCUT2D eigenvalue weighted by atomic mass is 9.98. The molecule has 0 radical (unpaired) electrons. The summed E-state index contributed by atoms with van der Waals surface area (Å²) < 4.78 is 38.2. The van der Waals surface area contributed by atoms with Gasteiger partial charge in [0.25, 0.3) is 0 Å². The van der Waals surface area contributed by atoms with Gasteiger partial charge in [0.1, 0.15) is 0 Å². The third-order valence-corrected chi connectivity index (χ3v) is 4.36. The van der Waals surface area contributed by atoms with Crippen LogP contribution in [-0.4, -0.2) is 4.98 Å². The Labute approximate surface area is 148 Å². The van der Waals surface area contributed by atoms with Gasteiger partial charge in [-0.1, -0.05) is 54.6 Å². The number of hydrogen-bond donors (Lipinski definition) is 0. The van der Waals surface area contributed by atoms with Crippen LogP contribution in [0.1, 0.15) is 5.56 Å². The van der Waals surface area contributed by atoms with Crippen LogP contribution >= 0.6 is 0 Å². The molecule has 0 aliphatic heterocycles. The molecule has 4 aromatic rings. The first-order valence-electron chi connectivity index (χ1n) is 8.14. The summed E-state index contributed by atoms with van der Waals surface area (Å²) in [6, 6.07) is 22.9. The monoisotopic (exact) mass is 349 g/mol. The van der Waals surface area contributed by atoms with Gasteiger partial charge in [0.05, 0.1) is 11.3 Å². The summed E-state index contributed by atoms with van der Waals surface area (Å²) in [5.41, 5.74) is 2.73. The van der Waals surface area contributed by atoms with E-state index in [9.17, 15) is 13.2 Å². The molecule has 0 amide bonds. The molecule has 0 fully saturated rings. The van der Waals surface area contributed by atoms with Crippen molar-refractivity contribution in [3.05, 3.63) is 90.6 Å². The average molecular weight is 349 g/mol. The fraction of sp³-hybridized carbons (Fsp3) is 0.0455. The number of rotatable bonds is 2. The van der Waals surface area contributed by atoms with Crippen molar-refractivity contribution in [2.24, 2.45) is 0 Å². The van der Waals surface area contributed by atoms with Crippen LogP contribution in [0.3, 0.4) is 0 Å². The van der Waals surface area contributed by atoms with Crippen molar-refractivity contribution in [3.8, 4) is 22.4 Å². The molecule has 128 valence electrons. The summed E-state index contributed by atoms with van der Waals surface area (Å²) in [6.07, 6.45) is -2.56. The standard InChI is InChI=1S/C22H14F3N/c23-22(24,25)19-10-8-15(9-11-19)17-5-3-6-18(14-17)21-20-7-2-1-4-16(20)12-13-26-21/h1-14H. The average Bonchev–Trinajstić information content (AvgIpc) is 2.67. The highest BCUT2D eigenvalue weighted by atomic mass is 19.4. The molecule has 1 nitrogen and oxygen atoms in total. The second-order valence-electron chi connectivity index (χ2n) is 6.04. The van der Waals surface area contributed by atoms with Gasteiger partial charge in [-0.3, -0.25) is 4.98 Å². The van der Waals surface area contributed by atoms with Gasteiger partial charge in [-0.2, -0.15) is 13.2 Å². The van der Waals surface area contributed by atoms with Crippen LogP contribution in [0.5, 0.6) is 0 Å². The first kappa shape index (κ1) is 16.3. The Bertz CT molecular complexity index is 1060. The van der Waals surface area contributed by atoms with E-state index < -0.39 is 11.7 Å². The second-order valence-corrected chi connectivity index (χ2v) is 6.04. The van der Waals surface area contributed by atoms with Crippen molar-refractivity contribution >= 4 is 10.8 Å². The molecule has 26 heavy (non-hydrogen) atoms. The van der Waals surface area contributed by atoms with Crippen LogP contribution in [0.25, 0.3) is 33.2 Å². The first-order valence-corrected chi connectivity index (χ1v) is 8.14. The maximum absolute atomic E-state index is 12.7. The molecule has 0 N–H and O–H groups in total. The number of alkyl halides is 3. The Kier molecular flexibility index (Phi) is 3.96. The summed E-state index contributed by atoms with van der Waals surface area (Å²) in [6.45, 7) is 0. The zero-order chi connectivity index (χ0) is 18.1. The van der Waals surface area contributed by atoms with E-state index in [0.29, 0.717) is 0 Å².